The Balaban J connectivity index is 1.36. The summed E-state index contributed by atoms with van der Waals surface area (Å²) in [7, 11) is 2.21. The van der Waals surface area contributed by atoms with E-state index in [0.29, 0.717) is 11.5 Å². The molecule has 128 valence electrons. The molecular weight excluding hydrogens is 320 g/mol. The van der Waals surface area contributed by atoms with Gasteiger partial charge < -0.3 is 9.32 Å². The van der Waals surface area contributed by atoms with Gasteiger partial charge in [-0.15, -0.1) is 0 Å². The largest absolute Gasteiger partial charge is 0.468 e. The first-order valence-corrected chi connectivity index (χ1v) is 9.66. The van der Waals surface area contributed by atoms with Crippen LogP contribution >= 0.6 is 11.3 Å². The van der Waals surface area contributed by atoms with Gasteiger partial charge >= 0.3 is 0 Å². The Morgan fingerprint density at radius 2 is 2.21 bits per heavy atom. The fraction of sp³-hybridized carbons (Fsp3) is 0.526. The van der Waals surface area contributed by atoms with Crippen molar-refractivity contribution in [1.82, 2.24) is 9.80 Å². The van der Waals surface area contributed by atoms with Gasteiger partial charge in [0.25, 0.3) is 5.91 Å². The number of thiophene rings is 1. The second-order valence-corrected chi connectivity index (χ2v) is 8.00. The molecule has 0 N–H and O–H groups in total. The SMILES string of the molecule is CN(Cc1ccco1)[C@H]1CCC12CCN(C(=O)c1ccsc1)CC2. The van der Waals surface area contributed by atoms with Crippen LogP contribution in [0.15, 0.2) is 39.6 Å². The summed E-state index contributed by atoms with van der Waals surface area (Å²) < 4.78 is 5.49. The molecule has 2 fully saturated rings. The molecule has 1 aliphatic carbocycles. The normalized spacial score (nSPS) is 22.8. The third-order valence-electron chi connectivity index (χ3n) is 5.95. The van der Waals surface area contributed by atoms with Crippen LogP contribution in [0.1, 0.15) is 41.8 Å². The first kappa shape index (κ1) is 15.9. The summed E-state index contributed by atoms with van der Waals surface area (Å²) in [5.74, 6) is 1.23. The number of furan rings is 1. The topological polar surface area (TPSA) is 36.7 Å². The number of rotatable bonds is 4. The van der Waals surface area contributed by atoms with Gasteiger partial charge in [-0.2, -0.15) is 11.3 Å². The number of hydrogen-bond donors (Lipinski definition) is 0. The Morgan fingerprint density at radius 3 is 2.79 bits per heavy atom. The van der Waals surface area contributed by atoms with E-state index >= 15 is 0 Å². The highest BCUT2D eigenvalue weighted by Gasteiger charge is 2.50. The molecule has 2 aliphatic rings. The number of carbonyl (C=O) groups excluding carboxylic acids is 1. The maximum absolute atomic E-state index is 12.5. The molecule has 4 rings (SSSR count). The minimum atomic E-state index is 0.200. The lowest BCUT2D eigenvalue weighted by Gasteiger charge is -2.56. The molecule has 1 spiro atoms. The summed E-state index contributed by atoms with van der Waals surface area (Å²) in [5.41, 5.74) is 1.24. The number of likely N-dealkylation sites (tertiary alicyclic amines) is 1. The van der Waals surface area contributed by atoms with Gasteiger partial charge in [-0.25, -0.2) is 0 Å². The number of hydrogen-bond acceptors (Lipinski definition) is 4. The third kappa shape index (κ3) is 2.80. The average molecular weight is 344 g/mol. The first-order chi connectivity index (χ1) is 11.7. The van der Waals surface area contributed by atoms with E-state index in [2.05, 4.69) is 11.9 Å². The Morgan fingerprint density at radius 1 is 1.38 bits per heavy atom. The Labute approximate surface area is 147 Å². The standard InChI is InChI=1S/C19H24N2O2S/c1-20(13-16-3-2-11-23-16)17-4-6-19(17)7-9-21(10-8-19)18(22)15-5-12-24-14-15/h2-3,5,11-12,14,17H,4,6-10,13H2,1H3/t17-/m0/s1. The van der Waals surface area contributed by atoms with Crippen molar-refractivity contribution in [2.45, 2.75) is 38.3 Å². The minimum absolute atomic E-state index is 0.200. The van der Waals surface area contributed by atoms with Crippen LogP contribution in [0.25, 0.3) is 0 Å². The molecule has 2 aromatic rings. The van der Waals surface area contributed by atoms with Crippen LogP contribution in [0.4, 0.5) is 0 Å². The van der Waals surface area contributed by atoms with Crippen LogP contribution in [0.2, 0.25) is 0 Å². The molecule has 4 nitrogen and oxygen atoms in total. The highest BCUT2D eigenvalue weighted by Crippen LogP contribution is 2.51. The second-order valence-electron chi connectivity index (χ2n) is 7.22. The molecule has 3 heterocycles. The number of piperidine rings is 1. The molecule has 2 aromatic heterocycles. The summed E-state index contributed by atoms with van der Waals surface area (Å²) in [5, 5.41) is 3.93. The average Bonchev–Trinajstić information content (AvgIpc) is 3.26. The predicted molar refractivity (Wildman–Crippen MR) is 95.1 cm³/mol. The van der Waals surface area contributed by atoms with Gasteiger partial charge in [0.15, 0.2) is 0 Å². The zero-order valence-corrected chi connectivity index (χ0v) is 14.9. The fourth-order valence-electron chi connectivity index (χ4n) is 4.44. The summed E-state index contributed by atoms with van der Waals surface area (Å²) >= 11 is 1.59. The van der Waals surface area contributed by atoms with Gasteiger partial charge in [0.1, 0.15) is 5.76 Å². The van der Waals surface area contributed by atoms with Gasteiger partial charge in [0.05, 0.1) is 18.4 Å². The molecule has 0 aromatic carbocycles. The molecule has 24 heavy (non-hydrogen) atoms. The van der Waals surface area contributed by atoms with Crippen molar-refractivity contribution >= 4 is 17.2 Å². The lowest BCUT2D eigenvalue weighted by atomic mass is 9.58. The van der Waals surface area contributed by atoms with Crippen LogP contribution in [0, 0.1) is 5.41 Å². The van der Waals surface area contributed by atoms with E-state index in [1.54, 1.807) is 17.6 Å². The molecule has 1 saturated carbocycles. The quantitative estimate of drug-likeness (QED) is 0.845. The van der Waals surface area contributed by atoms with Gasteiger partial charge in [0, 0.05) is 24.5 Å². The van der Waals surface area contributed by atoms with Crippen LogP contribution in [-0.4, -0.2) is 41.9 Å². The summed E-state index contributed by atoms with van der Waals surface area (Å²) in [6.45, 7) is 2.65. The van der Waals surface area contributed by atoms with Crippen molar-refractivity contribution < 1.29 is 9.21 Å². The fourth-order valence-corrected chi connectivity index (χ4v) is 5.06. The number of nitrogens with zero attached hydrogens (tertiary/aromatic N) is 2. The van der Waals surface area contributed by atoms with Crippen LogP contribution in [-0.2, 0) is 6.54 Å². The highest BCUT2D eigenvalue weighted by molar-refractivity contribution is 7.08. The van der Waals surface area contributed by atoms with Crippen molar-refractivity contribution in [2.75, 3.05) is 20.1 Å². The molecular formula is C19H24N2O2S. The first-order valence-electron chi connectivity index (χ1n) is 8.72. The molecule has 1 atom stereocenters. The molecule has 0 unspecified atom stereocenters. The molecule has 1 aliphatic heterocycles. The van der Waals surface area contributed by atoms with Crippen LogP contribution in [0.5, 0.6) is 0 Å². The maximum atomic E-state index is 12.5. The Bertz CT molecular complexity index is 672. The third-order valence-corrected chi connectivity index (χ3v) is 6.64. The van der Waals surface area contributed by atoms with Crippen LogP contribution in [0.3, 0.4) is 0 Å². The molecule has 0 bridgehead atoms. The monoisotopic (exact) mass is 344 g/mol. The van der Waals surface area contributed by atoms with E-state index in [0.717, 1.165) is 43.8 Å². The Kier molecular flexibility index (Phi) is 4.22. The van der Waals surface area contributed by atoms with E-state index in [9.17, 15) is 4.79 Å². The molecule has 1 amide bonds. The molecule has 0 radical (unpaired) electrons. The van der Waals surface area contributed by atoms with Crippen molar-refractivity contribution in [3.63, 3.8) is 0 Å². The molecule has 1 saturated heterocycles. The van der Waals surface area contributed by atoms with E-state index in [4.69, 9.17) is 4.42 Å². The van der Waals surface area contributed by atoms with Gasteiger partial charge in [-0.3, -0.25) is 9.69 Å². The van der Waals surface area contributed by atoms with Gasteiger partial charge in [-0.05, 0) is 61.7 Å². The zero-order valence-electron chi connectivity index (χ0n) is 14.1. The summed E-state index contributed by atoms with van der Waals surface area (Å²) in [6, 6.07) is 6.54. The van der Waals surface area contributed by atoms with Crippen molar-refractivity contribution in [1.29, 1.82) is 0 Å². The van der Waals surface area contributed by atoms with E-state index in [-0.39, 0.29) is 5.91 Å². The molecule has 5 heteroatoms. The minimum Gasteiger partial charge on any atom is -0.468 e. The second kappa shape index (κ2) is 6.37. The number of carbonyl (C=O) groups is 1. The predicted octanol–water partition coefficient (Wildman–Crippen LogP) is 3.86. The van der Waals surface area contributed by atoms with Crippen molar-refractivity contribution in [3.05, 3.63) is 46.5 Å². The Hall–Kier alpha value is -1.59. The van der Waals surface area contributed by atoms with Gasteiger partial charge in [-0.1, -0.05) is 0 Å². The van der Waals surface area contributed by atoms with Crippen molar-refractivity contribution in [2.24, 2.45) is 5.41 Å². The lowest BCUT2D eigenvalue weighted by molar-refractivity contribution is -0.0590. The van der Waals surface area contributed by atoms with E-state index in [1.807, 2.05) is 33.9 Å². The number of amides is 1. The van der Waals surface area contributed by atoms with Crippen molar-refractivity contribution in [3.8, 4) is 0 Å². The zero-order chi connectivity index (χ0) is 16.6. The van der Waals surface area contributed by atoms with Gasteiger partial charge in [0.2, 0.25) is 0 Å². The highest BCUT2D eigenvalue weighted by atomic mass is 32.1. The summed E-state index contributed by atoms with van der Waals surface area (Å²) in [6.07, 6.45) is 6.54. The van der Waals surface area contributed by atoms with E-state index < -0.39 is 0 Å². The van der Waals surface area contributed by atoms with Crippen LogP contribution < -0.4 is 0 Å². The van der Waals surface area contributed by atoms with E-state index in [1.165, 1.54) is 12.8 Å². The lowest BCUT2D eigenvalue weighted by Crippen LogP contribution is -2.58. The summed E-state index contributed by atoms with van der Waals surface area (Å²) in [4.78, 5) is 17.0. The maximum Gasteiger partial charge on any atom is 0.254 e. The smallest absolute Gasteiger partial charge is 0.254 e.